The van der Waals surface area contributed by atoms with Crippen molar-refractivity contribution in [3.05, 3.63) is 11.6 Å². The Labute approximate surface area is 80.8 Å². The number of quaternary nitrogens is 1. The number of carbonyl (C=O) groups is 2. The highest BCUT2D eigenvalue weighted by Crippen LogP contribution is 2.01. The molecule has 0 spiro atoms. The quantitative estimate of drug-likeness (QED) is 0.425. The van der Waals surface area contributed by atoms with E-state index in [2.05, 4.69) is 0 Å². The maximum absolute atomic E-state index is 10.4. The van der Waals surface area contributed by atoms with Crippen molar-refractivity contribution in [2.24, 2.45) is 0 Å². The van der Waals surface area contributed by atoms with Crippen LogP contribution in [0.25, 0.3) is 0 Å². The Morgan fingerprint density at radius 3 is 2.38 bits per heavy atom. The average Bonchev–Trinajstić information content (AvgIpc) is 2.04. The number of carboxylic acids is 2. The highest BCUT2D eigenvalue weighted by molar-refractivity contribution is 5.87. The Morgan fingerprint density at radius 2 is 2.08 bits per heavy atom. The van der Waals surface area contributed by atoms with Gasteiger partial charge in [0.1, 0.15) is 6.54 Å². The number of halogens is 1. The first kappa shape index (κ1) is 11.9. The van der Waals surface area contributed by atoms with Gasteiger partial charge in [0.2, 0.25) is 0 Å². The second-order valence-electron chi connectivity index (χ2n) is 2.65. The molecule has 1 rings (SSSR count). The molecule has 13 heavy (non-hydrogen) atoms. The molecule has 0 bridgehead atoms. The Bertz CT molecular complexity index is 251. The van der Waals surface area contributed by atoms with Gasteiger partial charge in [-0.1, -0.05) is 6.08 Å². The van der Waals surface area contributed by atoms with Crippen molar-refractivity contribution in [2.75, 3.05) is 6.54 Å². The lowest BCUT2D eigenvalue weighted by Crippen LogP contribution is -3.00. The summed E-state index contributed by atoms with van der Waals surface area (Å²) in [6.45, 7) is 0.242. The van der Waals surface area contributed by atoms with Crippen molar-refractivity contribution in [2.45, 2.75) is 12.5 Å². The minimum Gasteiger partial charge on any atom is -1.00 e. The second kappa shape index (κ2) is 4.84. The zero-order valence-corrected chi connectivity index (χ0v) is 7.49. The molecule has 1 aliphatic heterocycles. The summed E-state index contributed by atoms with van der Waals surface area (Å²) >= 11 is 0. The molecule has 0 aromatic heterocycles. The summed E-state index contributed by atoms with van der Waals surface area (Å²) in [5.41, 5.74) is 0.285. The molecule has 0 amide bonds. The van der Waals surface area contributed by atoms with E-state index in [0.717, 1.165) is 0 Å². The predicted octanol–water partition coefficient (Wildman–Crippen LogP) is -4.58. The van der Waals surface area contributed by atoms with Crippen molar-refractivity contribution in [1.29, 1.82) is 0 Å². The first-order chi connectivity index (χ1) is 5.61. The average molecular weight is 208 g/mol. The Kier molecular flexibility index (Phi) is 4.44. The molecule has 0 fully saturated rings. The third kappa shape index (κ3) is 3.04. The summed E-state index contributed by atoms with van der Waals surface area (Å²) in [7, 11) is 0. The third-order valence-corrected chi connectivity index (χ3v) is 1.83. The van der Waals surface area contributed by atoms with Crippen LogP contribution in [-0.4, -0.2) is 34.7 Å². The van der Waals surface area contributed by atoms with E-state index in [9.17, 15) is 9.59 Å². The van der Waals surface area contributed by atoms with Gasteiger partial charge in [-0.3, -0.25) is 0 Å². The Balaban J connectivity index is 0.00000144. The number of carboxylic acid groups (broad SMARTS) is 2. The lowest BCUT2D eigenvalue weighted by molar-refractivity contribution is -0.673. The summed E-state index contributed by atoms with van der Waals surface area (Å²) in [4.78, 5) is 20.8. The van der Waals surface area contributed by atoms with Crippen LogP contribution in [0.3, 0.4) is 0 Å². The van der Waals surface area contributed by atoms with Crippen LogP contribution < -0.4 is 17.7 Å². The molecule has 0 radical (unpaired) electrons. The van der Waals surface area contributed by atoms with E-state index >= 15 is 0 Å². The molecule has 0 aromatic carbocycles. The number of aliphatic carboxylic acids is 2. The smallest absolute Gasteiger partial charge is 0.362 e. The second-order valence-corrected chi connectivity index (χ2v) is 2.65. The molecule has 1 aliphatic rings. The Hall–Kier alpha value is -1.07. The number of nitrogens with two attached hydrogens (primary N) is 1. The summed E-state index contributed by atoms with van der Waals surface area (Å²) < 4.78 is 0. The van der Waals surface area contributed by atoms with Gasteiger partial charge in [-0.15, -0.1) is 0 Å². The molecule has 5 nitrogen and oxygen atoms in total. The van der Waals surface area contributed by atoms with Gasteiger partial charge in [-0.2, -0.15) is 0 Å². The van der Waals surface area contributed by atoms with E-state index in [1.807, 2.05) is 0 Å². The van der Waals surface area contributed by atoms with E-state index in [1.165, 1.54) is 11.4 Å². The standard InChI is InChI=1S/C7H9NO4.ClH/c9-6(10)4-1-2-5(7(11)12)8-3-4;/h1,5,8H,2-3H2,(H,9,10)(H,11,12);1H/t5-;/m0./s1. The van der Waals surface area contributed by atoms with E-state index in [-0.39, 0.29) is 30.9 Å². The van der Waals surface area contributed by atoms with Crippen LogP contribution in [0.15, 0.2) is 11.6 Å². The zero-order chi connectivity index (χ0) is 9.14. The third-order valence-electron chi connectivity index (χ3n) is 1.83. The molecule has 0 unspecified atom stereocenters. The normalized spacial score (nSPS) is 21.2. The first-order valence-electron chi connectivity index (χ1n) is 3.59. The van der Waals surface area contributed by atoms with Crippen LogP contribution in [0.1, 0.15) is 6.42 Å². The molecule has 0 aromatic rings. The summed E-state index contributed by atoms with van der Waals surface area (Å²) in [5, 5.41) is 18.6. The van der Waals surface area contributed by atoms with E-state index < -0.39 is 18.0 Å². The van der Waals surface area contributed by atoms with Gasteiger partial charge in [0.15, 0.2) is 6.04 Å². The highest BCUT2D eigenvalue weighted by atomic mass is 35.5. The van der Waals surface area contributed by atoms with Crippen LogP contribution in [0, 0.1) is 0 Å². The van der Waals surface area contributed by atoms with E-state index in [0.29, 0.717) is 0 Å². The number of rotatable bonds is 2. The highest BCUT2D eigenvalue weighted by Gasteiger charge is 2.25. The van der Waals surface area contributed by atoms with Crippen molar-refractivity contribution in [1.82, 2.24) is 0 Å². The molecule has 0 saturated heterocycles. The largest absolute Gasteiger partial charge is 1.00 e. The monoisotopic (exact) mass is 207 g/mol. The first-order valence-corrected chi connectivity index (χ1v) is 3.59. The molecular formula is C7H10ClNO4. The fourth-order valence-electron chi connectivity index (χ4n) is 1.09. The van der Waals surface area contributed by atoms with Crippen molar-refractivity contribution >= 4 is 11.9 Å². The summed E-state index contributed by atoms with van der Waals surface area (Å²) in [6.07, 6.45) is 1.76. The van der Waals surface area contributed by atoms with Crippen LogP contribution in [-0.2, 0) is 9.59 Å². The lowest BCUT2D eigenvalue weighted by Gasteiger charge is -2.14. The van der Waals surface area contributed by atoms with Gasteiger partial charge < -0.3 is 27.9 Å². The van der Waals surface area contributed by atoms with Crippen molar-refractivity contribution in [3.8, 4) is 0 Å². The maximum atomic E-state index is 10.4. The number of hydrogen-bond donors (Lipinski definition) is 3. The van der Waals surface area contributed by atoms with Gasteiger partial charge in [0, 0.05) is 6.42 Å². The maximum Gasteiger partial charge on any atom is 0.362 e. The molecule has 1 heterocycles. The molecule has 4 N–H and O–H groups in total. The van der Waals surface area contributed by atoms with Crippen LogP contribution in [0.2, 0.25) is 0 Å². The SMILES string of the molecule is O=C(O)C1=CC[C@@H](C(=O)O)[NH2+]C1.[Cl-]. The minimum atomic E-state index is -0.963. The van der Waals surface area contributed by atoms with Crippen LogP contribution in [0.5, 0.6) is 0 Å². The molecular weight excluding hydrogens is 198 g/mol. The fourth-order valence-corrected chi connectivity index (χ4v) is 1.09. The zero-order valence-electron chi connectivity index (χ0n) is 6.74. The number of hydrogen-bond acceptors (Lipinski definition) is 2. The van der Waals surface area contributed by atoms with Crippen molar-refractivity contribution in [3.63, 3.8) is 0 Å². The topological polar surface area (TPSA) is 91.2 Å². The molecule has 6 heteroatoms. The molecule has 1 atom stereocenters. The van der Waals surface area contributed by atoms with Gasteiger partial charge in [-0.25, -0.2) is 9.59 Å². The van der Waals surface area contributed by atoms with Gasteiger partial charge >= 0.3 is 11.9 Å². The lowest BCUT2D eigenvalue weighted by atomic mass is 10.1. The minimum absolute atomic E-state index is 0. The fraction of sp³-hybridized carbons (Fsp3) is 0.429. The van der Waals surface area contributed by atoms with Gasteiger partial charge in [0.05, 0.1) is 5.57 Å². The van der Waals surface area contributed by atoms with E-state index in [4.69, 9.17) is 10.2 Å². The molecule has 0 saturated carbocycles. The van der Waals surface area contributed by atoms with Gasteiger partial charge in [-0.05, 0) is 0 Å². The molecule has 0 aliphatic carbocycles. The summed E-state index contributed by atoms with van der Waals surface area (Å²) in [6, 6.07) is -0.520. The molecule has 74 valence electrons. The summed E-state index contributed by atoms with van der Waals surface area (Å²) in [5.74, 6) is -1.86. The Morgan fingerprint density at radius 1 is 1.46 bits per heavy atom. The van der Waals surface area contributed by atoms with Crippen LogP contribution in [0.4, 0.5) is 0 Å². The van der Waals surface area contributed by atoms with E-state index in [1.54, 1.807) is 0 Å². The van der Waals surface area contributed by atoms with Crippen LogP contribution >= 0.6 is 0 Å². The van der Waals surface area contributed by atoms with Crippen molar-refractivity contribution < 1.29 is 37.5 Å². The predicted molar refractivity (Wildman–Crippen MR) is 38.6 cm³/mol. The van der Waals surface area contributed by atoms with Gasteiger partial charge in [0.25, 0.3) is 0 Å².